The Balaban J connectivity index is 2.30. The molecular formula is C12H18ClNO3S2. The van der Waals surface area contributed by atoms with Crippen LogP contribution in [0.4, 0.5) is 0 Å². The lowest BCUT2D eigenvalue weighted by molar-refractivity contribution is -0.0229. The Morgan fingerprint density at radius 2 is 2.26 bits per heavy atom. The SMILES string of the molecule is CCC1COC(C)CN1S(=O)(=O)c1ccc(CCl)s1. The van der Waals surface area contributed by atoms with Crippen molar-refractivity contribution in [3.05, 3.63) is 17.0 Å². The Kier molecular flexibility index (Phi) is 4.89. The van der Waals surface area contributed by atoms with Crippen molar-refractivity contribution in [3.8, 4) is 0 Å². The standard InChI is InChI=1S/C12H18ClNO3S2/c1-3-10-8-17-9(2)7-14(10)19(15,16)12-5-4-11(6-13)18-12/h4-5,9-10H,3,6-8H2,1-2H3. The van der Waals surface area contributed by atoms with Crippen molar-refractivity contribution < 1.29 is 13.2 Å². The van der Waals surface area contributed by atoms with Crippen molar-refractivity contribution >= 4 is 33.0 Å². The van der Waals surface area contributed by atoms with Crippen molar-refractivity contribution in [2.24, 2.45) is 0 Å². The van der Waals surface area contributed by atoms with Gasteiger partial charge < -0.3 is 4.74 Å². The third kappa shape index (κ3) is 3.13. The van der Waals surface area contributed by atoms with Gasteiger partial charge in [-0.05, 0) is 25.5 Å². The monoisotopic (exact) mass is 323 g/mol. The van der Waals surface area contributed by atoms with Gasteiger partial charge in [0.2, 0.25) is 0 Å². The first-order chi connectivity index (χ1) is 8.98. The molecule has 1 saturated heterocycles. The minimum atomic E-state index is -3.43. The number of hydrogen-bond acceptors (Lipinski definition) is 4. The minimum absolute atomic E-state index is 0.0648. The van der Waals surface area contributed by atoms with Gasteiger partial charge in [0.05, 0.1) is 18.6 Å². The summed E-state index contributed by atoms with van der Waals surface area (Å²) in [6.07, 6.45) is 0.685. The molecule has 0 aromatic carbocycles. The molecule has 0 radical (unpaired) electrons. The molecule has 1 aliphatic rings. The number of halogens is 1. The molecule has 108 valence electrons. The van der Waals surface area contributed by atoms with Crippen LogP contribution in [0.3, 0.4) is 0 Å². The lowest BCUT2D eigenvalue weighted by Gasteiger charge is -2.36. The van der Waals surface area contributed by atoms with E-state index in [4.69, 9.17) is 16.3 Å². The molecule has 2 atom stereocenters. The summed E-state index contributed by atoms with van der Waals surface area (Å²) in [5, 5.41) is 0. The predicted molar refractivity (Wildman–Crippen MR) is 77.3 cm³/mol. The molecule has 1 aromatic heterocycles. The van der Waals surface area contributed by atoms with E-state index >= 15 is 0 Å². The lowest BCUT2D eigenvalue weighted by atomic mass is 10.2. The normalized spacial score (nSPS) is 25.6. The summed E-state index contributed by atoms with van der Waals surface area (Å²) in [6, 6.07) is 3.34. The largest absolute Gasteiger partial charge is 0.375 e. The molecule has 2 unspecified atom stereocenters. The Bertz CT molecular complexity index is 529. The molecule has 2 rings (SSSR count). The molecule has 0 saturated carbocycles. The zero-order valence-electron chi connectivity index (χ0n) is 11.0. The van der Waals surface area contributed by atoms with Gasteiger partial charge in [0.25, 0.3) is 10.0 Å². The topological polar surface area (TPSA) is 46.6 Å². The zero-order valence-corrected chi connectivity index (χ0v) is 13.4. The second-order valence-electron chi connectivity index (χ2n) is 4.64. The fraction of sp³-hybridized carbons (Fsp3) is 0.667. The molecule has 0 N–H and O–H groups in total. The smallest absolute Gasteiger partial charge is 0.252 e. The van der Waals surface area contributed by atoms with E-state index in [0.29, 0.717) is 23.2 Å². The maximum Gasteiger partial charge on any atom is 0.252 e. The Morgan fingerprint density at radius 1 is 1.53 bits per heavy atom. The highest BCUT2D eigenvalue weighted by molar-refractivity contribution is 7.91. The van der Waals surface area contributed by atoms with Crippen LogP contribution in [-0.4, -0.2) is 38.0 Å². The summed E-state index contributed by atoms with van der Waals surface area (Å²) in [4.78, 5) is 0.870. The van der Waals surface area contributed by atoms with Crippen molar-refractivity contribution in [3.63, 3.8) is 0 Å². The summed E-state index contributed by atoms with van der Waals surface area (Å²) < 4.78 is 32.8. The predicted octanol–water partition coefficient (Wildman–Crippen LogP) is 2.67. The number of morpholine rings is 1. The first kappa shape index (κ1) is 15.3. The number of alkyl halides is 1. The van der Waals surface area contributed by atoms with Gasteiger partial charge in [-0.2, -0.15) is 4.31 Å². The molecule has 1 fully saturated rings. The van der Waals surface area contributed by atoms with E-state index in [0.717, 1.165) is 11.3 Å². The third-order valence-corrected chi connectivity index (χ3v) is 7.14. The lowest BCUT2D eigenvalue weighted by Crippen LogP contribution is -2.50. The molecule has 0 aliphatic carbocycles. The quantitative estimate of drug-likeness (QED) is 0.800. The Hall–Kier alpha value is -0.140. The molecule has 19 heavy (non-hydrogen) atoms. The van der Waals surface area contributed by atoms with Crippen molar-refractivity contribution in [2.75, 3.05) is 13.2 Å². The molecule has 1 aliphatic heterocycles. The first-order valence-electron chi connectivity index (χ1n) is 6.27. The van der Waals surface area contributed by atoms with E-state index in [2.05, 4.69) is 0 Å². The molecule has 2 heterocycles. The molecule has 1 aromatic rings. The van der Waals surface area contributed by atoms with Crippen molar-refractivity contribution in [1.29, 1.82) is 0 Å². The van der Waals surface area contributed by atoms with Crippen LogP contribution in [-0.2, 0) is 20.6 Å². The summed E-state index contributed by atoms with van der Waals surface area (Å²) in [7, 11) is -3.43. The van der Waals surface area contributed by atoms with Crippen LogP contribution in [0.15, 0.2) is 16.3 Å². The second-order valence-corrected chi connectivity index (χ2v) is 8.19. The average molecular weight is 324 g/mol. The van der Waals surface area contributed by atoms with Gasteiger partial charge in [-0.1, -0.05) is 6.92 Å². The van der Waals surface area contributed by atoms with Gasteiger partial charge in [-0.25, -0.2) is 8.42 Å². The van der Waals surface area contributed by atoms with E-state index in [9.17, 15) is 8.42 Å². The van der Waals surface area contributed by atoms with Gasteiger partial charge in [-0.3, -0.25) is 0 Å². The summed E-state index contributed by atoms with van der Waals surface area (Å²) in [5.41, 5.74) is 0. The van der Waals surface area contributed by atoms with E-state index in [1.807, 2.05) is 13.8 Å². The van der Waals surface area contributed by atoms with Gasteiger partial charge in [0.15, 0.2) is 0 Å². The van der Waals surface area contributed by atoms with Crippen LogP contribution in [0.25, 0.3) is 0 Å². The van der Waals surface area contributed by atoms with Gasteiger partial charge in [0.1, 0.15) is 4.21 Å². The van der Waals surface area contributed by atoms with Crippen LogP contribution < -0.4 is 0 Å². The second kappa shape index (κ2) is 6.10. The highest BCUT2D eigenvalue weighted by Crippen LogP contribution is 2.29. The van der Waals surface area contributed by atoms with Crippen molar-refractivity contribution in [1.82, 2.24) is 4.31 Å². The number of thiophene rings is 1. The number of sulfonamides is 1. The number of nitrogens with zero attached hydrogens (tertiary/aromatic N) is 1. The van der Waals surface area contributed by atoms with Crippen LogP contribution >= 0.6 is 22.9 Å². The third-order valence-electron chi connectivity index (χ3n) is 3.22. The fourth-order valence-corrected chi connectivity index (χ4v) is 5.46. The van der Waals surface area contributed by atoms with Crippen molar-refractivity contribution in [2.45, 2.75) is 42.5 Å². The van der Waals surface area contributed by atoms with Gasteiger partial charge in [0, 0.05) is 17.5 Å². The Labute approximate surface area is 123 Å². The number of hydrogen-bond donors (Lipinski definition) is 0. The summed E-state index contributed by atoms with van der Waals surface area (Å²) in [5.74, 6) is 0.344. The maximum atomic E-state index is 12.7. The number of ether oxygens (including phenoxy) is 1. The summed E-state index contributed by atoms with van der Waals surface area (Å²) >= 11 is 6.98. The van der Waals surface area contributed by atoms with E-state index in [-0.39, 0.29) is 12.1 Å². The zero-order chi connectivity index (χ0) is 14.0. The van der Waals surface area contributed by atoms with Gasteiger partial charge >= 0.3 is 0 Å². The van der Waals surface area contributed by atoms with E-state index in [1.165, 1.54) is 11.3 Å². The number of rotatable bonds is 4. The van der Waals surface area contributed by atoms with Gasteiger partial charge in [-0.15, -0.1) is 22.9 Å². The minimum Gasteiger partial charge on any atom is -0.375 e. The Morgan fingerprint density at radius 3 is 2.84 bits per heavy atom. The molecule has 0 bridgehead atoms. The summed E-state index contributed by atoms with van der Waals surface area (Å²) in [6.45, 7) is 4.75. The molecule has 7 heteroatoms. The average Bonchev–Trinajstić information content (AvgIpc) is 2.88. The van der Waals surface area contributed by atoms with Crippen LogP contribution in [0, 0.1) is 0 Å². The maximum absolute atomic E-state index is 12.7. The molecule has 0 spiro atoms. The molecule has 0 amide bonds. The molecular weight excluding hydrogens is 306 g/mol. The highest BCUT2D eigenvalue weighted by Gasteiger charge is 2.36. The van der Waals surface area contributed by atoms with Crippen LogP contribution in [0.2, 0.25) is 0 Å². The highest BCUT2D eigenvalue weighted by atomic mass is 35.5. The first-order valence-corrected chi connectivity index (χ1v) is 9.06. The van der Waals surface area contributed by atoms with Crippen LogP contribution in [0.5, 0.6) is 0 Å². The molecule has 4 nitrogen and oxygen atoms in total. The van der Waals surface area contributed by atoms with E-state index < -0.39 is 10.0 Å². The van der Waals surface area contributed by atoms with Crippen LogP contribution in [0.1, 0.15) is 25.1 Å². The fourth-order valence-electron chi connectivity index (χ4n) is 2.11. The van der Waals surface area contributed by atoms with E-state index in [1.54, 1.807) is 16.4 Å².